The van der Waals surface area contributed by atoms with Crippen molar-refractivity contribution in [3.05, 3.63) is 77.2 Å². The standard InChI is InChI=1S/C20H15ClFN7O/c1-11-6-15(17(22)8-14(11)13-2-3-24-10-18(13)23)20(30)28-12-7-16(21)19(25-9-12)29-26-4-5-27-29/h2-10H,23H2,1H3,(H,28,30). The molecule has 0 radical (unpaired) electrons. The van der Waals surface area contributed by atoms with Crippen LogP contribution in [0.5, 0.6) is 0 Å². The molecule has 0 spiro atoms. The molecular formula is C20H15ClFN7O. The number of nitrogens with one attached hydrogen (secondary N) is 1. The number of benzene rings is 1. The van der Waals surface area contributed by atoms with Gasteiger partial charge in [-0.3, -0.25) is 9.78 Å². The third-order valence-corrected chi connectivity index (χ3v) is 4.67. The van der Waals surface area contributed by atoms with Crippen molar-refractivity contribution in [1.29, 1.82) is 0 Å². The molecule has 0 atom stereocenters. The Kier molecular flexibility index (Phi) is 5.11. The SMILES string of the molecule is Cc1cc(C(=O)Nc2cnc(-n3nccn3)c(Cl)c2)c(F)cc1-c1ccncc1N. The van der Waals surface area contributed by atoms with Gasteiger partial charge in [0.1, 0.15) is 5.82 Å². The van der Waals surface area contributed by atoms with E-state index >= 15 is 0 Å². The highest BCUT2D eigenvalue weighted by molar-refractivity contribution is 6.32. The first-order chi connectivity index (χ1) is 14.4. The van der Waals surface area contributed by atoms with Crippen molar-refractivity contribution in [2.24, 2.45) is 0 Å². The lowest BCUT2D eigenvalue weighted by molar-refractivity contribution is 0.102. The van der Waals surface area contributed by atoms with E-state index in [4.69, 9.17) is 17.3 Å². The van der Waals surface area contributed by atoms with Crippen LogP contribution < -0.4 is 11.1 Å². The van der Waals surface area contributed by atoms with Crippen LogP contribution in [0.2, 0.25) is 5.02 Å². The van der Waals surface area contributed by atoms with Gasteiger partial charge in [0.25, 0.3) is 5.91 Å². The summed E-state index contributed by atoms with van der Waals surface area (Å²) in [6.45, 7) is 1.77. The molecule has 3 heterocycles. The van der Waals surface area contributed by atoms with E-state index in [-0.39, 0.29) is 10.6 Å². The van der Waals surface area contributed by atoms with E-state index in [1.165, 1.54) is 47.8 Å². The van der Waals surface area contributed by atoms with E-state index in [0.29, 0.717) is 33.9 Å². The molecule has 3 N–H and O–H groups in total. The summed E-state index contributed by atoms with van der Waals surface area (Å²) in [5.74, 6) is -1.01. The number of hydrogen-bond donors (Lipinski definition) is 2. The van der Waals surface area contributed by atoms with Crippen LogP contribution in [-0.2, 0) is 0 Å². The predicted molar refractivity (Wildman–Crippen MR) is 111 cm³/mol. The summed E-state index contributed by atoms with van der Waals surface area (Å²) in [5.41, 5.74) is 8.48. The summed E-state index contributed by atoms with van der Waals surface area (Å²) >= 11 is 6.20. The lowest BCUT2D eigenvalue weighted by Crippen LogP contribution is -2.15. The Balaban J connectivity index is 1.60. The topological polar surface area (TPSA) is 112 Å². The Labute approximate surface area is 175 Å². The molecule has 3 aromatic heterocycles. The number of aromatic nitrogens is 5. The summed E-state index contributed by atoms with van der Waals surface area (Å²) in [6, 6.07) is 5.94. The summed E-state index contributed by atoms with van der Waals surface area (Å²) in [6.07, 6.45) is 7.43. The van der Waals surface area contributed by atoms with Crippen LogP contribution in [0.4, 0.5) is 15.8 Å². The fourth-order valence-electron chi connectivity index (χ4n) is 2.97. The predicted octanol–water partition coefficient (Wildman–Crippen LogP) is 3.66. The van der Waals surface area contributed by atoms with Gasteiger partial charge in [-0.2, -0.15) is 10.2 Å². The second-order valence-corrected chi connectivity index (χ2v) is 6.82. The fraction of sp³-hybridized carbons (Fsp3) is 0.0500. The molecule has 0 saturated heterocycles. The molecule has 30 heavy (non-hydrogen) atoms. The molecule has 10 heteroatoms. The minimum absolute atomic E-state index is 0.113. The summed E-state index contributed by atoms with van der Waals surface area (Å²) in [4.78, 5) is 22.0. The van der Waals surface area contributed by atoms with Gasteiger partial charge in [0, 0.05) is 11.8 Å². The van der Waals surface area contributed by atoms with Gasteiger partial charge in [-0.25, -0.2) is 9.37 Å². The molecule has 0 aliphatic heterocycles. The number of rotatable bonds is 4. The van der Waals surface area contributed by atoms with Gasteiger partial charge < -0.3 is 11.1 Å². The van der Waals surface area contributed by atoms with Crippen molar-refractivity contribution in [3.63, 3.8) is 0 Å². The lowest BCUT2D eigenvalue weighted by Gasteiger charge is -2.12. The first kappa shape index (κ1) is 19.5. The first-order valence-electron chi connectivity index (χ1n) is 8.77. The van der Waals surface area contributed by atoms with Crippen LogP contribution in [0.1, 0.15) is 15.9 Å². The number of carbonyl (C=O) groups excluding carboxylic acids is 1. The van der Waals surface area contributed by atoms with E-state index in [1.807, 2.05) is 0 Å². The number of aryl methyl sites for hydroxylation is 1. The smallest absolute Gasteiger partial charge is 0.258 e. The maximum atomic E-state index is 14.8. The van der Waals surface area contributed by atoms with Crippen molar-refractivity contribution in [2.75, 3.05) is 11.1 Å². The van der Waals surface area contributed by atoms with Gasteiger partial charge in [0.15, 0.2) is 5.82 Å². The van der Waals surface area contributed by atoms with Gasteiger partial charge in [-0.15, -0.1) is 4.80 Å². The van der Waals surface area contributed by atoms with Crippen LogP contribution >= 0.6 is 11.6 Å². The number of anilines is 2. The molecule has 0 saturated carbocycles. The van der Waals surface area contributed by atoms with Crippen molar-refractivity contribution in [2.45, 2.75) is 6.92 Å². The zero-order valence-corrected chi connectivity index (χ0v) is 16.4. The molecule has 0 bridgehead atoms. The molecule has 8 nitrogen and oxygen atoms in total. The molecular weight excluding hydrogens is 409 g/mol. The molecule has 0 unspecified atom stereocenters. The van der Waals surface area contributed by atoms with Crippen molar-refractivity contribution < 1.29 is 9.18 Å². The van der Waals surface area contributed by atoms with E-state index in [9.17, 15) is 9.18 Å². The summed E-state index contributed by atoms with van der Waals surface area (Å²) in [7, 11) is 0. The molecule has 1 amide bonds. The molecule has 0 aliphatic rings. The number of nitrogens with zero attached hydrogens (tertiary/aromatic N) is 5. The Morgan fingerprint density at radius 2 is 1.90 bits per heavy atom. The van der Waals surface area contributed by atoms with Crippen LogP contribution in [0.3, 0.4) is 0 Å². The average Bonchev–Trinajstić information content (AvgIpc) is 3.24. The molecule has 150 valence electrons. The molecule has 1 aromatic carbocycles. The third kappa shape index (κ3) is 3.70. The van der Waals surface area contributed by atoms with Gasteiger partial charge in [0.05, 0.1) is 46.7 Å². The van der Waals surface area contributed by atoms with Crippen LogP contribution in [-0.4, -0.2) is 30.9 Å². The Hall–Kier alpha value is -3.85. The van der Waals surface area contributed by atoms with Gasteiger partial charge in [0.2, 0.25) is 0 Å². The van der Waals surface area contributed by atoms with E-state index in [2.05, 4.69) is 25.5 Å². The largest absolute Gasteiger partial charge is 0.397 e. The summed E-state index contributed by atoms with van der Waals surface area (Å²) in [5, 5.41) is 10.7. The maximum Gasteiger partial charge on any atom is 0.258 e. The highest BCUT2D eigenvalue weighted by Gasteiger charge is 2.17. The average molecular weight is 424 g/mol. The monoisotopic (exact) mass is 423 g/mol. The Morgan fingerprint density at radius 3 is 2.60 bits per heavy atom. The highest BCUT2D eigenvalue weighted by Crippen LogP contribution is 2.30. The molecule has 0 fully saturated rings. The normalized spacial score (nSPS) is 10.8. The van der Waals surface area contributed by atoms with E-state index in [0.717, 1.165) is 0 Å². The second kappa shape index (κ2) is 7.88. The second-order valence-electron chi connectivity index (χ2n) is 6.41. The van der Waals surface area contributed by atoms with Crippen LogP contribution in [0, 0.1) is 12.7 Å². The molecule has 4 rings (SSSR count). The van der Waals surface area contributed by atoms with E-state index < -0.39 is 11.7 Å². The first-order valence-corrected chi connectivity index (χ1v) is 9.15. The molecule has 0 aliphatic carbocycles. The number of hydrogen-bond acceptors (Lipinski definition) is 6. The van der Waals surface area contributed by atoms with Crippen LogP contribution in [0.25, 0.3) is 16.9 Å². The van der Waals surface area contributed by atoms with Crippen molar-refractivity contribution in [1.82, 2.24) is 25.0 Å². The van der Waals surface area contributed by atoms with Crippen LogP contribution in [0.15, 0.2) is 55.2 Å². The third-order valence-electron chi connectivity index (χ3n) is 4.39. The van der Waals surface area contributed by atoms with Gasteiger partial charge in [-0.05, 0) is 42.3 Å². The van der Waals surface area contributed by atoms with Crippen molar-refractivity contribution >= 4 is 28.9 Å². The zero-order chi connectivity index (χ0) is 21.3. The highest BCUT2D eigenvalue weighted by atomic mass is 35.5. The fourth-order valence-corrected chi connectivity index (χ4v) is 3.21. The summed E-state index contributed by atoms with van der Waals surface area (Å²) < 4.78 is 14.8. The lowest BCUT2D eigenvalue weighted by atomic mass is 9.97. The van der Waals surface area contributed by atoms with Gasteiger partial charge in [-0.1, -0.05) is 11.6 Å². The Bertz CT molecular complexity index is 1240. The quantitative estimate of drug-likeness (QED) is 0.518. The zero-order valence-electron chi connectivity index (χ0n) is 15.7. The minimum atomic E-state index is -0.680. The number of pyridine rings is 2. The number of carbonyl (C=O) groups is 1. The Morgan fingerprint density at radius 1 is 1.13 bits per heavy atom. The van der Waals surface area contributed by atoms with E-state index in [1.54, 1.807) is 19.2 Å². The number of nitrogen functional groups attached to an aromatic ring is 1. The molecule has 4 aromatic rings. The van der Waals surface area contributed by atoms with Crippen molar-refractivity contribution in [3.8, 4) is 16.9 Å². The van der Waals surface area contributed by atoms with Gasteiger partial charge >= 0.3 is 0 Å². The number of amides is 1. The number of nitrogens with two attached hydrogens (primary N) is 1. The number of halogens is 2. The minimum Gasteiger partial charge on any atom is -0.397 e. The maximum absolute atomic E-state index is 14.8.